The molecular weight excluding hydrogens is 363 g/mol. The number of fused-ring (bicyclic) bond motifs is 1. The maximum atomic E-state index is 13.4. The number of phenolic OH excluding ortho intramolecular Hbond substituents is 1. The summed E-state index contributed by atoms with van der Waals surface area (Å²) in [4.78, 5) is 12.3. The first-order chi connectivity index (χ1) is 13.1. The van der Waals surface area contributed by atoms with Crippen molar-refractivity contribution in [2.24, 2.45) is 0 Å². The van der Waals surface area contributed by atoms with Crippen molar-refractivity contribution in [1.29, 1.82) is 0 Å². The van der Waals surface area contributed by atoms with E-state index in [1.165, 1.54) is 24.3 Å². The second kappa shape index (κ2) is 7.77. The Balaban J connectivity index is 1.61. The maximum absolute atomic E-state index is 13.4. The summed E-state index contributed by atoms with van der Waals surface area (Å²) >= 11 is 0. The van der Waals surface area contributed by atoms with E-state index in [1.54, 1.807) is 19.1 Å². The molecule has 7 heteroatoms. The van der Waals surface area contributed by atoms with Crippen LogP contribution in [-0.2, 0) is 11.2 Å². The summed E-state index contributed by atoms with van der Waals surface area (Å²) in [5.41, 5.74) is 1.55. The lowest BCUT2D eigenvalue weighted by Crippen LogP contribution is -2.53. The number of anilines is 1. The Morgan fingerprint density at radius 2 is 2.04 bits per heavy atom. The van der Waals surface area contributed by atoms with Crippen LogP contribution in [0, 0.1) is 12.7 Å². The fraction of sp³-hybridized carbons (Fsp3) is 0.381. The number of nitrogens with one attached hydrogen (secondary N) is 2. The molecule has 1 aliphatic heterocycles. The summed E-state index contributed by atoms with van der Waals surface area (Å²) in [6.45, 7) is 5.80. The van der Waals surface area contributed by atoms with E-state index in [4.69, 9.17) is 4.74 Å². The van der Waals surface area contributed by atoms with Gasteiger partial charge in [0, 0.05) is 18.2 Å². The van der Waals surface area contributed by atoms with E-state index in [9.17, 15) is 19.4 Å². The molecule has 0 spiro atoms. The summed E-state index contributed by atoms with van der Waals surface area (Å²) in [5, 5.41) is 25.9. The highest BCUT2D eigenvalue weighted by Crippen LogP contribution is 2.33. The summed E-state index contributed by atoms with van der Waals surface area (Å²) in [5.74, 6) is -0.304. The Kier molecular flexibility index (Phi) is 5.58. The van der Waals surface area contributed by atoms with Crippen LogP contribution in [0.3, 0.4) is 0 Å². The molecule has 0 saturated heterocycles. The van der Waals surface area contributed by atoms with Crippen molar-refractivity contribution < 1.29 is 24.1 Å². The lowest BCUT2D eigenvalue weighted by molar-refractivity contribution is -0.128. The highest BCUT2D eigenvalue weighted by molar-refractivity contribution is 5.98. The normalized spacial score (nSPS) is 17.5. The first kappa shape index (κ1) is 20.1. The minimum Gasteiger partial charge on any atom is -0.508 e. The molecule has 0 fully saturated rings. The third-order valence-corrected chi connectivity index (χ3v) is 4.74. The van der Waals surface area contributed by atoms with Gasteiger partial charge in [0.15, 0.2) is 0 Å². The molecule has 4 N–H and O–H groups in total. The van der Waals surface area contributed by atoms with Gasteiger partial charge in [0.2, 0.25) is 6.10 Å². The smallest absolute Gasteiger partial charge is 0.268 e. The molecule has 150 valence electrons. The highest BCUT2D eigenvalue weighted by Gasteiger charge is 2.34. The van der Waals surface area contributed by atoms with Crippen molar-refractivity contribution in [1.82, 2.24) is 5.32 Å². The van der Waals surface area contributed by atoms with Crippen LogP contribution in [-0.4, -0.2) is 40.4 Å². The van der Waals surface area contributed by atoms with Gasteiger partial charge in [0.05, 0.1) is 5.69 Å². The van der Waals surface area contributed by atoms with Crippen LogP contribution in [0.25, 0.3) is 0 Å². The van der Waals surface area contributed by atoms with Crippen molar-refractivity contribution in [3.8, 4) is 11.5 Å². The standard InChI is InChI=1S/C21H25FN2O4/c1-12-8-13(4-6-15(12)22)10-21(2,3)23-11-17(26)19-20(27)24-16-9-14(25)5-7-18(16)28-19/h4-9,17,19,23,25-26H,10-11H2,1-3H3,(H,24,27). The maximum Gasteiger partial charge on any atom is 0.268 e. The van der Waals surface area contributed by atoms with Crippen molar-refractivity contribution in [2.45, 2.75) is 44.9 Å². The number of hydrogen-bond donors (Lipinski definition) is 4. The third-order valence-electron chi connectivity index (χ3n) is 4.74. The van der Waals surface area contributed by atoms with Gasteiger partial charge in [0.25, 0.3) is 5.91 Å². The summed E-state index contributed by atoms with van der Waals surface area (Å²) in [6, 6.07) is 9.38. The van der Waals surface area contributed by atoms with Gasteiger partial charge in [-0.1, -0.05) is 12.1 Å². The molecule has 6 nitrogen and oxygen atoms in total. The quantitative estimate of drug-likeness (QED) is 0.611. The Bertz CT molecular complexity index is 885. The Labute approximate surface area is 163 Å². The van der Waals surface area contributed by atoms with Gasteiger partial charge >= 0.3 is 0 Å². The molecule has 1 heterocycles. The second-order valence-corrected chi connectivity index (χ2v) is 7.80. The number of hydrogen-bond acceptors (Lipinski definition) is 5. The number of rotatable bonds is 6. The van der Waals surface area contributed by atoms with E-state index in [-0.39, 0.29) is 23.7 Å². The fourth-order valence-corrected chi connectivity index (χ4v) is 3.24. The number of β-amino-alcohol motifs (C(OH)–C–C–N with tert-alkyl or cyclic N) is 1. The summed E-state index contributed by atoms with van der Waals surface area (Å²) in [7, 11) is 0. The number of ether oxygens (including phenoxy) is 1. The van der Waals surface area contributed by atoms with Gasteiger partial charge in [-0.15, -0.1) is 0 Å². The van der Waals surface area contributed by atoms with Crippen LogP contribution in [0.5, 0.6) is 11.5 Å². The first-order valence-electron chi connectivity index (χ1n) is 9.13. The molecule has 2 atom stereocenters. The number of aryl methyl sites for hydroxylation is 1. The number of aromatic hydroxyl groups is 1. The zero-order chi connectivity index (χ0) is 20.5. The van der Waals surface area contributed by atoms with Crippen molar-refractivity contribution in [3.63, 3.8) is 0 Å². The van der Waals surface area contributed by atoms with Gasteiger partial charge in [-0.3, -0.25) is 4.79 Å². The minimum absolute atomic E-state index is 0.0149. The van der Waals surface area contributed by atoms with Crippen molar-refractivity contribution in [3.05, 3.63) is 53.3 Å². The Hall–Kier alpha value is -2.64. The molecule has 2 aromatic rings. The predicted octanol–water partition coefficient (Wildman–Crippen LogP) is 2.51. The molecule has 0 aliphatic carbocycles. The number of halogens is 1. The molecule has 0 aromatic heterocycles. The number of benzene rings is 2. The van der Waals surface area contributed by atoms with Crippen LogP contribution in [0.4, 0.5) is 10.1 Å². The molecule has 0 radical (unpaired) electrons. The van der Waals surface area contributed by atoms with Crippen LogP contribution in [0.2, 0.25) is 0 Å². The average Bonchev–Trinajstić information content (AvgIpc) is 2.62. The topological polar surface area (TPSA) is 90.8 Å². The lowest BCUT2D eigenvalue weighted by atomic mass is 9.93. The van der Waals surface area contributed by atoms with Gasteiger partial charge in [-0.2, -0.15) is 0 Å². The molecule has 28 heavy (non-hydrogen) atoms. The van der Waals surface area contributed by atoms with E-state index in [2.05, 4.69) is 10.6 Å². The third kappa shape index (κ3) is 4.61. The van der Waals surface area contributed by atoms with Crippen LogP contribution < -0.4 is 15.4 Å². The number of carbonyl (C=O) groups is 1. The largest absolute Gasteiger partial charge is 0.508 e. The van der Waals surface area contributed by atoms with Gasteiger partial charge < -0.3 is 25.6 Å². The fourth-order valence-electron chi connectivity index (χ4n) is 3.24. The number of aliphatic hydroxyl groups excluding tert-OH is 1. The van der Waals surface area contributed by atoms with Crippen molar-refractivity contribution in [2.75, 3.05) is 11.9 Å². The zero-order valence-electron chi connectivity index (χ0n) is 16.1. The van der Waals surface area contributed by atoms with E-state index in [0.29, 0.717) is 23.4 Å². The highest BCUT2D eigenvalue weighted by atomic mass is 19.1. The summed E-state index contributed by atoms with van der Waals surface area (Å²) in [6.07, 6.45) is -1.51. The molecule has 1 aliphatic rings. The molecule has 0 saturated carbocycles. The molecular formula is C21H25FN2O4. The number of amides is 1. The minimum atomic E-state index is -1.07. The van der Waals surface area contributed by atoms with E-state index in [1.807, 2.05) is 13.8 Å². The predicted molar refractivity (Wildman–Crippen MR) is 104 cm³/mol. The number of aliphatic hydroxyl groups is 1. The zero-order valence-corrected chi connectivity index (χ0v) is 16.1. The number of phenols is 1. The summed E-state index contributed by atoms with van der Waals surface area (Å²) < 4.78 is 19.1. The van der Waals surface area contributed by atoms with Crippen LogP contribution in [0.15, 0.2) is 36.4 Å². The molecule has 0 bridgehead atoms. The van der Waals surface area contributed by atoms with Gasteiger partial charge in [-0.05, 0) is 56.5 Å². The van der Waals surface area contributed by atoms with Gasteiger partial charge in [0.1, 0.15) is 23.4 Å². The van der Waals surface area contributed by atoms with Gasteiger partial charge in [-0.25, -0.2) is 4.39 Å². The van der Waals surface area contributed by atoms with E-state index in [0.717, 1.165) is 5.56 Å². The first-order valence-corrected chi connectivity index (χ1v) is 9.13. The van der Waals surface area contributed by atoms with E-state index >= 15 is 0 Å². The van der Waals surface area contributed by atoms with E-state index < -0.39 is 18.1 Å². The second-order valence-electron chi connectivity index (χ2n) is 7.80. The SMILES string of the molecule is Cc1cc(CC(C)(C)NCC(O)C2Oc3ccc(O)cc3NC2=O)ccc1F. The monoisotopic (exact) mass is 388 g/mol. The lowest BCUT2D eigenvalue weighted by Gasteiger charge is -2.32. The molecule has 2 aromatic carbocycles. The van der Waals surface area contributed by atoms with Crippen LogP contribution >= 0.6 is 0 Å². The molecule has 1 amide bonds. The Morgan fingerprint density at radius 1 is 1.29 bits per heavy atom. The molecule has 3 rings (SSSR count). The van der Waals surface area contributed by atoms with Crippen molar-refractivity contribution >= 4 is 11.6 Å². The molecule has 2 unspecified atom stereocenters. The van der Waals surface area contributed by atoms with Crippen LogP contribution in [0.1, 0.15) is 25.0 Å². The Morgan fingerprint density at radius 3 is 2.75 bits per heavy atom. The average molecular weight is 388 g/mol. The number of carbonyl (C=O) groups excluding carboxylic acids is 1.